The Morgan fingerprint density at radius 2 is 1.84 bits per heavy atom. The van der Waals surface area contributed by atoms with Gasteiger partial charge in [-0.25, -0.2) is 0 Å². The molecule has 0 aromatic rings. The average Bonchev–Trinajstić information content (AvgIpc) is 2.35. The Hall–Kier alpha value is -1.13. The third-order valence-electron chi connectivity index (χ3n) is 2.46. The Labute approximate surface area is 123 Å². The first-order valence-electron chi connectivity index (χ1n) is 6.79. The van der Waals surface area contributed by atoms with Crippen LogP contribution < -0.4 is 0 Å². The summed E-state index contributed by atoms with van der Waals surface area (Å²) < 4.78 is 0. The maximum Gasteiger partial charge on any atom is 0.0550 e. The van der Waals surface area contributed by atoms with Crippen LogP contribution in [0.5, 0.6) is 0 Å². The molecule has 0 aromatic carbocycles. The van der Waals surface area contributed by atoms with E-state index in [0.29, 0.717) is 5.92 Å². The minimum absolute atomic E-state index is 0.528. The van der Waals surface area contributed by atoms with Gasteiger partial charge in [-0.05, 0) is 38.0 Å². The number of rotatable bonds is 5. The second kappa shape index (κ2) is 9.75. The van der Waals surface area contributed by atoms with Crippen LogP contribution in [0.3, 0.4) is 0 Å². The third kappa shape index (κ3) is 8.56. The highest BCUT2D eigenvalue weighted by atomic mass is 32.2. The molecule has 0 aliphatic rings. The molecule has 0 aromatic heterocycles. The first kappa shape index (κ1) is 17.9. The topological polar surface area (TPSA) is 0 Å². The summed E-state index contributed by atoms with van der Waals surface area (Å²) in [5.74, 6) is 6.90. The monoisotopic (exact) mass is 274 g/mol. The number of allylic oxidation sites excluding steroid dienone is 7. The van der Waals surface area contributed by atoms with E-state index in [1.165, 1.54) is 10.5 Å². The SMILES string of the molecule is C=C(C#C/C(=C/C=C(C)C)CC)S/C(=C\C)C(C)C. The van der Waals surface area contributed by atoms with E-state index in [1.54, 1.807) is 11.8 Å². The van der Waals surface area contributed by atoms with Crippen molar-refractivity contribution in [2.45, 2.75) is 48.0 Å². The normalized spacial score (nSPS) is 11.9. The molecule has 0 N–H and O–H groups in total. The zero-order valence-corrected chi connectivity index (χ0v) is 13.9. The minimum atomic E-state index is 0.528. The van der Waals surface area contributed by atoms with Crippen molar-refractivity contribution >= 4 is 11.8 Å². The maximum atomic E-state index is 4.03. The lowest BCUT2D eigenvalue weighted by Gasteiger charge is -2.08. The van der Waals surface area contributed by atoms with E-state index in [0.717, 1.165) is 16.9 Å². The number of hydrogen-bond donors (Lipinski definition) is 0. The van der Waals surface area contributed by atoms with Gasteiger partial charge < -0.3 is 0 Å². The lowest BCUT2D eigenvalue weighted by Crippen LogP contribution is -1.88. The summed E-state index contributed by atoms with van der Waals surface area (Å²) in [7, 11) is 0. The molecule has 0 fully saturated rings. The Kier molecular flexibility index (Phi) is 9.17. The van der Waals surface area contributed by atoms with Gasteiger partial charge in [0.2, 0.25) is 0 Å². The van der Waals surface area contributed by atoms with Crippen LogP contribution >= 0.6 is 11.8 Å². The summed E-state index contributed by atoms with van der Waals surface area (Å²) in [6, 6.07) is 0. The highest BCUT2D eigenvalue weighted by molar-refractivity contribution is 8.07. The highest BCUT2D eigenvalue weighted by Gasteiger charge is 2.03. The molecule has 0 atom stereocenters. The summed E-state index contributed by atoms with van der Waals surface area (Å²) >= 11 is 1.68. The van der Waals surface area contributed by atoms with Gasteiger partial charge in [0, 0.05) is 5.57 Å². The van der Waals surface area contributed by atoms with Crippen LogP contribution in [-0.2, 0) is 0 Å². The second-order valence-electron chi connectivity index (χ2n) is 4.91. The van der Waals surface area contributed by atoms with Crippen LogP contribution in [-0.4, -0.2) is 0 Å². The van der Waals surface area contributed by atoms with Gasteiger partial charge in [0.1, 0.15) is 0 Å². The van der Waals surface area contributed by atoms with Crippen molar-refractivity contribution in [3.8, 4) is 11.8 Å². The van der Waals surface area contributed by atoms with Crippen molar-refractivity contribution in [3.63, 3.8) is 0 Å². The van der Waals surface area contributed by atoms with Gasteiger partial charge in [0.05, 0.1) is 4.91 Å². The second-order valence-corrected chi connectivity index (χ2v) is 6.08. The van der Waals surface area contributed by atoms with E-state index in [2.05, 4.69) is 78.2 Å². The fraction of sp³-hybridized carbons (Fsp3) is 0.444. The van der Waals surface area contributed by atoms with Crippen LogP contribution in [0, 0.1) is 17.8 Å². The predicted octanol–water partition coefficient (Wildman–Crippen LogP) is 6.10. The molecule has 0 spiro atoms. The largest absolute Gasteiger partial charge is 0.0860 e. The zero-order chi connectivity index (χ0) is 14.8. The molecule has 0 aliphatic carbocycles. The minimum Gasteiger partial charge on any atom is -0.0860 e. The van der Waals surface area contributed by atoms with Gasteiger partial charge in [-0.2, -0.15) is 0 Å². The van der Waals surface area contributed by atoms with E-state index in [4.69, 9.17) is 0 Å². The summed E-state index contributed by atoms with van der Waals surface area (Å²) in [5.41, 5.74) is 2.44. The molecule has 0 radical (unpaired) electrons. The molecule has 0 heterocycles. The fourth-order valence-electron chi connectivity index (χ4n) is 1.34. The summed E-state index contributed by atoms with van der Waals surface area (Å²) in [5, 5.41) is 0. The lowest BCUT2D eigenvalue weighted by atomic mass is 10.1. The maximum absolute atomic E-state index is 4.03. The van der Waals surface area contributed by atoms with Crippen LogP contribution in [0.1, 0.15) is 48.0 Å². The summed E-state index contributed by atoms with van der Waals surface area (Å²) in [4.78, 5) is 2.24. The van der Waals surface area contributed by atoms with Crippen LogP contribution in [0.2, 0.25) is 0 Å². The molecular formula is C18H26S. The van der Waals surface area contributed by atoms with Crippen molar-refractivity contribution in [1.82, 2.24) is 0 Å². The van der Waals surface area contributed by atoms with E-state index >= 15 is 0 Å². The molecular weight excluding hydrogens is 248 g/mol. The van der Waals surface area contributed by atoms with Crippen molar-refractivity contribution in [1.29, 1.82) is 0 Å². The Balaban J connectivity index is 4.77. The van der Waals surface area contributed by atoms with Gasteiger partial charge in [0.15, 0.2) is 0 Å². The third-order valence-corrected chi connectivity index (χ3v) is 3.75. The molecule has 0 unspecified atom stereocenters. The highest BCUT2D eigenvalue weighted by Crippen LogP contribution is 2.29. The van der Waals surface area contributed by atoms with Gasteiger partial charge in [-0.1, -0.05) is 74.8 Å². The predicted molar refractivity (Wildman–Crippen MR) is 90.9 cm³/mol. The van der Waals surface area contributed by atoms with Crippen LogP contribution in [0.4, 0.5) is 0 Å². The molecule has 0 rings (SSSR count). The van der Waals surface area contributed by atoms with Crippen LogP contribution in [0.15, 0.2) is 45.8 Å². The number of thioether (sulfide) groups is 1. The molecule has 0 amide bonds. The van der Waals surface area contributed by atoms with Gasteiger partial charge in [0.25, 0.3) is 0 Å². The van der Waals surface area contributed by atoms with Crippen LogP contribution in [0.25, 0.3) is 0 Å². The molecule has 19 heavy (non-hydrogen) atoms. The molecule has 0 bridgehead atoms. The fourth-order valence-corrected chi connectivity index (χ4v) is 2.08. The van der Waals surface area contributed by atoms with E-state index < -0.39 is 0 Å². The van der Waals surface area contributed by atoms with Crippen molar-refractivity contribution in [2.75, 3.05) is 0 Å². The molecule has 0 saturated carbocycles. The summed E-state index contributed by atoms with van der Waals surface area (Å²) in [6.07, 6.45) is 7.30. The lowest BCUT2D eigenvalue weighted by molar-refractivity contribution is 0.815. The Morgan fingerprint density at radius 1 is 1.21 bits per heavy atom. The zero-order valence-electron chi connectivity index (χ0n) is 13.1. The average molecular weight is 274 g/mol. The van der Waals surface area contributed by atoms with Crippen molar-refractivity contribution in [2.24, 2.45) is 5.92 Å². The quantitative estimate of drug-likeness (QED) is 0.431. The first-order chi connectivity index (χ1) is 8.90. The van der Waals surface area contributed by atoms with Gasteiger partial charge in [-0.15, -0.1) is 0 Å². The van der Waals surface area contributed by atoms with Gasteiger partial charge >= 0.3 is 0 Å². The van der Waals surface area contributed by atoms with E-state index in [9.17, 15) is 0 Å². The Morgan fingerprint density at radius 3 is 2.26 bits per heavy atom. The van der Waals surface area contributed by atoms with Gasteiger partial charge in [-0.3, -0.25) is 0 Å². The standard InChI is InChI=1S/C18H26S/c1-8-17(12-10-14(3)4)13-11-16(7)19-18(9-2)15(5)6/h9-10,12,15H,7-8H2,1-6H3/b17-12+,18-9-. The van der Waals surface area contributed by atoms with E-state index in [-0.39, 0.29) is 0 Å². The van der Waals surface area contributed by atoms with Crippen molar-refractivity contribution in [3.05, 3.63) is 45.8 Å². The first-order valence-corrected chi connectivity index (χ1v) is 7.61. The van der Waals surface area contributed by atoms with E-state index in [1.807, 2.05) is 0 Å². The molecule has 0 saturated heterocycles. The molecule has 1 heteroatoms. The molecule has 0 aliphatic heterocycles. The summed E-state index contributed by atoms with van der Waals surface area (Å²) in [6.45, 7) is 16.8. The molecule has 104 valence electrons. The smallest absolute Gasteiger partial charge is 0.0550 e. The van der Waals surface area contributed by atoms with Crippen molar-refractivity contribution < 1.29 is 0 Å². The molecule has 0 nitrogen and oxygen atoms in total. The number of hydrogen-bond acceptors (Lipinski definition) is 1. The Bertz CT molecular complexity index is 444.